The zero-order chi connectivity index (χ0) is 17.6. The zero-order valence-electron chi connectivity index (χ0n) is 12.6. The van der Waals surface area contributed by atoms with Crippen LogP contribution in [0.25, 0.3) is 10.7 Å². The van der Waals surface area contributed by atoms with Gasteiger partial charge in [-0.05, 0) is 35.7 Å². The molecular formula is C15H12F2N4O2S2. The van der Waals surface area contributed by atoms with Gasteiger partial charge >= 0.3 is 6.61 Å². The number of halogens is 2. The molecule has 0 saturated carbocycles. The molecule has 2 heterocycles. The lowest BCUT2D eigenvalue weighted by molar-refractivity contribution is -0.113. The van der Waals surface area contributed by atoms with Crippen LogP contribution in [-0.4, -0.2) is 33.5 Å². The van der Waals surface area contributed by atoms with Crippen molar-refractivity contribution in [3.63, 3.8) is 0 Å². The van der Waals surface area contributed by atoms with Gasteiger partial charge in [-0.15, -0.1) is 16.4 Å². The predicted octanol–water partition coefficient (Wildman–Crippen LogP) is 3.87. The van der Waals surface area contributed by atoms with Crippen LogP contribution in [-0.2, 0) is 4.79 Å². The first-order valence-corrected chi connectivity index (χ1v) is 8.90. The third-order valence-corrected chi connectivity index (χ3v) is 4.64. The Hall–Kier alpha value is -2.46. The number of thiophene rings is 1. The normalized spacial score (nSPS) is 10.8. The maximum atomic E-state index is 12.1. The molecule has 0 spiro atoms. The molecule has 0 aliphatic heterocycles. The van der Waals surface area contributed by atoms with Crippen molar-refractivity contribution >= 4 is 34.7 Å². The van der Waals surface area contributed by atoms with Crippen molar-refractivity contribution in [1.29, 1.82) is 0 Å². The number of aromatic amines is 1. The van der Waals surface area contributed by atoms with Crippen LogP contribution in [0.15, 0.2) is 46.9 Å². The molecule has 0 unspecified atom stereocenters. The van der Waals surface area contributed by atoms with E-state index in [0.29, 0.717) is 16.7 Å². The van der Waals surface area contributed by atoms with Crippen molar-refractivity contribution in [3.8, 4) is 16.5 Å². The van der Waals surface area contributed by atoms with E-state index in [1.165, 1.54) is 36.0 Å². The summed E-state index contributed by atoms with van der Waals surface area (Å²) in [6, 6.07) is 9.53. The number of H-pyrrole nitrogens is 1. The standard InChI is InChI=1S/C15H12F2N4O2S2/c16-14(17)23-10-5-3-9(4-6-10)18-12(22)8-25-15-19-13(20-21-15)11-2-1-7-24-11/h1-7,14H,8H2,(H,18,22)(H,19,20,21). The molecule has 0 radical (unpaired) electrons. The highest BCUT2D eigenvalue weighted by atomic mass is 32.2. The summed E-state index contributed by atoms with van der Waals surface area (Å²) in [6.07, 6.45) is 0. The third-order valence-electron chi connectivity index (χ3n) is 2.92. The molecule has 130 valence electrons. The number of alkyl halides is 2. The van der Waals surface area contributed by atoms with E-state index < -0.39 is 6.61 Å². The van der Waals surface area contributed by atoms with Gasteiger partial charge < -0.3 is 10.1 Å². The average Bonchev–Trinajstić information content (AvgIpc) is 3.25. The molecule has 0 atom stereocenters. The minimum absolute atomic E-state index is 0.0317. The Morgan fingerprint density at radius 2 is 2.12 bits per heavy atom. The Labute approximate surface area is 149 Å². The van der Waals surface area contributed by atoms with Crippen molar-refractivity contribution in [1.82, 2.24) is 15.2 Å². The molecule has 2 aromatic heterocycles. The van der Waals surface area contributed by atoms with E-state index in [1.807, 2.05) is 17.5 Å². The van der Waals surface area contributed by atoms with E-state index in [4.69, 9.17) is 0 Å². The van der Waals surface area contributed by atoms with Crippen LogP contribution in [0.3, 0.4) is 0 Å². The zero-order valence-corrected chi connectivity index (χ0v) is 14.2. The van der Waals surface area contributed by atoms with E-state index in [9.17, 15) is 13.6 Å². The van der Waals surface area contributed by atoms with Gasteiger partial charge in [0.1, 0.15) is 5.75 Å². The molecule has 6 nitrogen and oxygen atoms in total. The van der Waals surface area contributed by atoms with Gasteiger partial charge in [-0.2, -0.15) is 8.78 Å². The van der Waals surface area contributed by atoms with Crippen molar-refractivity contribution in [2.75, 3.05) is 11.1 Å². The number of nitrogens with zero attached hydrogens (tertiary/aromatic N) is 2. The van der Waals surface area contributed by atoms with E-state index in [2.05, 4.69) is 25.2 Å². The average molecular weight is 382 g/mol. The number of hydrogen-bond acceptors (Lipinski definition) is 6. The van der Waals surface area contributed by atoms with Crippen LogP contribution in [0.2, 0.25) is 0 Å². The van der Waals surface area contributed by atoms with Crippen molar-refractivity contribution in [3.05, 3.63) is 41.8 Å². The highest BCUT2D eigenvalue weighted by Crippen LogP contribution is 2.23. The second-order valence-corrected chi connectivity index (χ2v) is 6.57. The van der Waals surface area contributed by atoms with Gasteiger partial charge in [0.2, 0.25) is 11.1 Å². The van der Waals surface area contributed by atoms with E-state index in [1.54, 1.807) is 11.3 Å². The lowest BCUT2D eigenvalue weighted by Crippen LogP contribution is -2.14. The SMILES string of the molecule is O=C(CSc1n[nH]c(-c2cccs2)n1)Nc1ccc(OC(F)F)cc1. The number of anilines is 1. The molecule has 3 aromatic rings. The summed E-state index contributed by atoms with van der Waals surface area (Å²) in [6.45, 7) is -2.88. The number of nitrogens with one attached hydrogen (secondary N) is 2. The Bertz CT molecular complexity index is 822. The summed E-state index contributed by atoms with van der Waals surface area (Å²) >= 11 is 2.73. The maximum absolute atomic E-state index is 12.1. The molecule has 0 aliphatic rings. The van der Waals surface area contributed by atoms with Gasteiger partial charge in [-0.1, -0.05) is 17.8 Å². The number of aromatic nitrogens is 3. The van der Waals surface area contributed by atoms with Gasteiger partial charge in [0.05, 0.1) is 10.6 Å². The third kappa shape index (κ3) is 5.00. The summed E-state index contributed by atoms with van der Waals surface area (Å²) in [7, 11) is 0. The van der Waals surface area contributed by atoms with Crippen LogP contribution in [0.5, 0.6) is 5.75 Å². The van der Waals surface area contributed by atoms with Gasteiger partial charge in [0, 0.05) is 5.69 Å². The topological polar surface area (TPSA) is 79.9 Å². The molecule has 0 aliphatic carbocycles. The smallest absolute Gasteiger partial charge is 0.387 e. The van der Waals surface area contributed by atoms with Gasteiger partial charge in [0.25, 0.3) is 0 Å². The van der Waals surface area contributed by atoms with E-state index in [0.717, 1.165) is 4.88 Å². The first-order valence-electron chi connectivity index (χ1n) is 7.04. The summed E-state index contributed by atoms with van der Waals surface area (Å²) in [5.74, 6) is 0.559. The molecule has 0 fully saturated rings. The minimum Gasteiger partial charge on any atom is -0.435 e. The monoisotopic (exact) mass is 382 g/mol. The molecule has 0 saturated heterocycles. The molecule has 1 aromatic carbocycles. The quantitative estimate of drug-likeness (QED) is 0.607. The number of ether oxygens (including phenoxy) is 1. The van der Waals surface area contributed by atoms with Gasteiger partial charge in [-0.25, -0.2) is 4.98 Å². The minimum atomic E-state index is -2.88. The molecule has 25 heavy (non-hydrogen) atoms. The second kappa shape index (κ2) is 8.08. The first-order chi connectivity index (χ1) is 12.1. The van der Waals surface area contributed by atoms with E-state index in [-0.39, 0.29) is 17.4 Å². The molecule has 10 heteroatoms. The van der Waals surface area contributed by atoms with Crippen molar-refractivity contribution in [2.24, 2.45) is 0 Å². The number of amides is 1. The number of benzene rings is 1. The molecule has 1 amide bonds. The number of carbonyl (C=O) groups excluding carboxylic acids is 1. The van der Waals surface area contributed by atoms with Crippen molar-refractivity contribution < 1.29 is 18.3 Å². The summed E-state index contributed by atoms with van der Waals surface area (Å²) in [5.41, 5.74) is 0.487. The number of carbonyl (C=O) groups is 1. The summed E-state index contributed by atoms with van der Waals surface area (Å²) in [4.78, 5) is 17.2. The van der Waals surface area contributed by atoms with Crippen LogP contribution >= 0.6 is 23.1 Å². The molecule has 0 bridgehead atoms. The van der Waals surface area contributed by atoms with Crippen LogP contribution in [0.1, 0.15) is 0 Å². The lowest BCUT2D eigenvalue weighted by Gasteiger charge is -2.07. The first kappa shape index (κ1) is 17.4. The fourth-order valence-corrected chi connectivity index (χ4v) is 3.14. The van der Waals surface area contributed by atoms with Crippen LogP contribution in [0.4, 0.5) is 14.5 Å². The highest BCUT2D eigenvalue weighted by molar-refractivity contribution is 7.99. The van der Waals surface area contributed by atoms with Gasteiger partial charge in [0.15, 0.2) is 5.82 Å². The predicted molar refractivity (Wildman–Crippen MR) is 92.1 cm³/mol. The maximum Gasteiger partial charge on any atom is 0.387 e. The fraction of sp³-hybridized carbons (Fsp3) is 0.133. The lowest BCUT2D eigenvalue weighted by atomic mass is 10.3. The number of hydrogen-bond donors (Lipinski definition) is 2. The molecule has 2 N–H and O–H groups in total. The Morgan fingerprint density at radius 1 is 1.32 bits per heavy atom. The van der Waals surface area contributed by atoms with Crippen LogP contribution in [0, 0.1) is 0 Å². The van der Waals surface area contributed by atoms with Crippen LogP contribution < -0.4 is 10.1 Å². The van der Waals surface area contributed by atoms with E-state index >= 15 is 0 Å². The largest absolute Gasteiger partial charge is 0.435 e. The molecular weight excluding hydrogens is 370 g/mol. The Balaban J connectivity index is 1.49. The van der Waals surface area contributed by atoms with Gasteiger partial charge in [-0.3, -0.25) is 9.89 Å². The molecule has 3 rings (SSSR count). The Morgan fingerprint density at radius 3 is 2.80 bits per heavy atom. The summed E-state index contributed by atoms with van der Waals surface area (Å²) in [5, 5.41) is 12.0. The second-order valence-electron chi connectivity index (χ2n) is 4.68. The Kier molecular flexibility index (Phi) is 5.61. The van der Waals surface area contributed by atoms with Crippen molar-refractivity contribution in [2.45, 2.75) is 11.8 Å². The summed E-state index contributed by atoms with van der Waals surface area (Å²) < 4.78 is 28.4. The highest BCUT2D eigenvalue weighted by Gasteiger charge is 2.10. The fourth-order valence-electron chi connectivity index (χ4n) is 1.88. The number of rotatable bonds is 7. The number of thioether (sulfide) groups is 1.